The van der Waals surface area contributed by atoms with Gasteiger partial charge in [0.05, 0.1) is 25.9 Å². The van der Waals surface area contributed by atoms with Crippen molar-refractivity contribution in [2.45, 2.75) is 72.7 Å². The minimum atomic E-state index is -6.62. The van der Waals surface area contributed by atoms with Crippen molar-refractivity contribution in [1.82, 2.24) is 39.0 Å². The van der Waals surface area contributed by atoms with E-state index in [0.717, 1.165) is 35.4 Å². The van der Waals surface area contributed by atoms with Gasteiger partial charge in [-0.25, -0.2) is 42.8 Å². The molecule has 0 aromatic carbocycles. The molecular weight excluding hydrogens is 1010 g/mol. The Bertz CT molecular complexity index is 2400. The average molecular weight is 1040 g/mol. The summed E-state index contributed by atoms with van der Waals surface area (Å²) in [6, 6.07) is 0. The van der Waals surface area contributed by atoms with Crippen LogP contribution in [0.1, 0.15) is 25.8 Å². The molecule has 6 rings (SSSR count). The van der Waals surface area contributed by atoms with Crippen LogP contribution in [0.4, 0.5) is 11.6 Å². The van der Waals surface area contributed by atoms with Crippen molar-refractivity contribution in [2.75, 3.05) is 36.7 Å². The molecule has 63 heavy (non-hydrogen) atoms. The number of hydrogen-bond acceptors (Lipinski definition) is 29. The molecule has 0 radical (unpaired) electrons. The van der Waals surface area contributed by atoms with Crippen molar-refractivity contribution in [2.24, 2.45) is 0 Å². The first-order valence-corrected chi connectivity index (χ1v) is 24.5. The molecule has 0 amide bonds. The monoisotopic (exact) mass is 1040 g/mol. The molecule has 0 bridgehead atoms. The van der Waals surface area contributed by atoms with Gasteiger partial charge in [0, 0.05) is 5.75 Å². The van der Waals surface area contributed by atoms with E-state index in [4.69, 9.17) is 20.9 Å². The van der Waals surface area contributed by atoms with Gasteiger partial charge >= 0.3 is 118 Å². The first kappa shape index (κ1) is 60.8. The van der Waals surface area contributed by atoms with E-state index < -0.39 is 93.6 Å². The predicted molar refractivity (Wildman–Crippen MR) is 190 cm³/mol. The standard InChI is InChI=1S/C24H36N10O19P4S2.4Na/c1-3-4-59-24-30-18(26)12-20(32-24)34(8-28-12)22-16(38)14(36)10(50-22)6-48-55(41,42)52-57(45,46)53-56(43,44)51-54(39,40)47-5-9-13(35)15(37)21(49-9)33-7-27-11-17(25)29-23(58-2)31-19(11)33;;;;/h7-10,13-16,21-22,35-38H,3-6H2,1-2H3,(H,39,40)(H,41,42)(H,43,44)(H,45,46)(H2,25,29,31)(H2,26,30,32);;;;/q;4*+1/p-4/t9-,10-,13-,14-,15-,16-,21-,22-;;;;/m1..../s1. The number of nitrogen functional groups attached to an aromatic ring is 2. The zero-order valence-electron chi connectivity index (χ0n) is 33.9. The Morgan fingerprint density at radius 2 is 1.05 bits per heavy atom. The van der Waals surface area contributed by atoms with Crippen molar-refractivity contribution < 1.29 is 208 Å². The number of phosphoric acid groups is 4. The molecule has 4 unspecified atom stereocenters. The number of nitrogens with zero attached hydrogens (tertiary/aromatic N) is 8. The molecule has 2 aliphatic rings. The topological polar surface area (TPSA) is 445 Å². The summed E-state index contributed by atoms with van der Waals surface area (Å²) in [5, 5.41) is 42.8. The van der Waals surface area contributed by atoms with Crippen molar-refractivity contribution in [3.63, 3.8) is 0 Å². The normalized spacial score (nSPS) is 27.2. The molecule has 39 heteroatoms. The summed E-state index contributed by atoms with van der Waals surface area (Å²) in [5.74, 6) is 0.612. The van der Waals surface area contributed by atoms with E-state index in [-0.39, 0.29) is 163 Å². The predicted octanol–water partition coefficient (Wildman–Crippen LogP) is -14.7. The van der Waals surface area contributed by atoms with Crippen LogP contribution in [0.3, 0.4) is 0 Å². The fourth-order valence-corrected chi connectivity index (χ4v) is 11.3. The molecule has 2 fully saturated rings. The van der Waals surface area contributed by atoms with Gasteiger partial charge in [-0.2, -0.15) is 0 Å². The molecule has 328 valence electrons. The first-order valence-electron chi connectivity index (χ1n) is 16.4. The molecule has 29 nitrogen and oxygen atoms in total. The van der Waals surface area contributed by atoms with Crippen molar-refractivity contribution in [3.8, 4) is 0 Å². The van der Waals surface area contributed by atoms with Gasteiger partial charge in [-0.1, -0.05) is 30.4 Å². The number of aromatic nitrogens is 8. The Kier molecular flexibility index (Phi) is 23.9. The van der Waals surface area contributed by atoms with Crippen LogP contribution in [0.2, 0.25) is 0 Å². The van der Waals surface area contributed by atoms with Crippen LogP contribution < -0.4 is 149 Å². The first-order chi connectivity index (χ1) is 27.5. The molecule has 2 aliphatic heterocycles. The van der Waals surface area contributed by atoms with E-state index in [1.54, 1.807) is 6.26 Å². The fourth-order valence-electron chi connectivity index (χ4n) is 5.52. The molecule has 0 spiro atoms. The smallest absolute Gasteiger partial charge is 0.756 e. The van der Waals surface area contributed by atoms with Crippen LogP contribution in [-0.2, 0) is 49.7 Å². The minimum Gasteiger partial charge on any atom is -0.756 e. The Morgan fingerprint density at radius 1 is 0.667 bits per heavy atom. The van der Waals surface area contributed by atoms with Crippen molar-refractivity contribution in [1.29, 1.82) is 0 Å². The van der Waals surface area contributed by atoms with E-state index in [2.05, 4.69) is 51.9 Å². The number of hydrogen-bond donors (Lipinski definition) is 6. The number of rotatable bonds is 18. The number of aliphatic hydroxyl groups is 4. The molecule has 4 aromatic heterocycles. The van der Waals surface area contributed by atoms with Gasteiger partial charge in [0.1, 0.15) is 47.7 Å². The average Bonchev–Trinajstić information content (AvgIpc) is 3.89. The van der Waals surface area contributed by atoms with Gasteiger partial charge in [0.25, 0.3) is 31.3 Å². The molecule has 12 atom stereocenters. The number of thioether (sulfide) groups is 2. The molecule has 2 saturated heterocycles. The van der Waals surface area contributed by atoms with Crippen molar-refractivity contribution >= 4 is 88.8 Å². The maximum absolute atomic E-state index is 12.4. The van der Waals surface area contributed by atoms with Crippen LogP contribution >= 0.6 is 54.8 Å². The number of anilines is 2. The molecule has 6 heterocycles. The maximum Gasteiger partial charge on any atom is 1.00 e. The van der Waals surface area contributed by atoms with Gasteiger partial charge in [-0.15, -0.1) is 0 Å². The third-order valence-electron chi connectivity index (χ3n) is 8.09. The third-order valence-corrected chi connectivity index (χ3v) is 15.4. The van der Waals surface area contributed by atoms with Crippen LogP contribution in [0, 0.1) is 0 Å². The number of aliphatic hydroxyl groups excluding tert-OH is 4. The van der Waals surface area contributed by atoms with Crippen molar-refractivity contribution in [3.05, 3.63) is 12.7 Å². The second-order valence-corrected chi connectivity index (χ2v) is 20.1. The fraction of sp³-hybridized carbons (Fsp3) is 0.583. The molecule has 8 N–H and O–H groups in total. The van der Waals surface area contributed by atoms with Crippen LogP contribution in [0.5, 0.6) is 0 Å². The number of fused-ring (bicyclic) bond motifs is 2. The summed E-state index contributed by atoms with van der Waals surface area (Å²) in [7, 11) is -25.5. The van der Waals surface area contributed by atoms with Crippen LogP contribution in [-0.4, -0.2) is 121 Å². The zero-order valence-corrected chi connectivity index (χ0v) is 47.1. The van der Waals surface area contributed by atoms with E-state index in [9.17, 15) is 58.3 Å². The Labute approximate surface area is 452 Å². The number of ether oxygens (including phenoxy) is 2. The largest absolute Gasteiger partial charge is 1.00 e. The maximum atomic E-state index is 12.4. The summed E-state index contributed by atoms with van der Waals surface area (Å²) in [6.45, 7) is -0.533. The Hall–Kier alpha value is 1.72. The summed E-state index contributed by atoms with van der Waals surface area (Å²) in [4.78, 5) is 74.0. The molecule has 0 saturated carbocycles. The Morgan fingerprint density at radius 3 is 1.44 bits per heavy atom. The van der Waals surface area contributed by atoms with Gasteiger partial charge in [0.2, 0.25) is 0 Å². The number of phosphoric ester groups is 2. The van der Waals surface area contributed by atoms with Gasteiger partial charge in [-0.3, -0.25) is 27.4 Å². The SMILES string of the molecule is CCCSc1nc(N)c2ncn([C@@H]3O[C@H](COP(=O)([O-])OP(=O)([O-])OP(=O)([O-])OP(=O)([O-])OC[C@H]4O[C@@H](n5cnc6c(N)nc(SC)nc65)[C@H](O)[C@@H]4O)[C@@H](O)[C@H]3O)c2n1.[Na+].[Na+].[Na+].[Na+]. The second kappa shape index (κ2) is 24.7. The summed E-state index contributed by atoms with van der Waals surface area (Å²) in [6.07, 6.45) is -8.90. The molecule has 4 aromatic rings. The summed E-state index contributed by atoms with van der Waals surface area (Å²) in [5.41, 5.74) is 12.2. The third kappa shape index (κ3) is 14.9. The van der Waals surface area contributed by atoms with Gasteiger partial charge in [-0.05, 0) is 12.7 Å². The van der Waals surface area contributed by atoms with Gasteiger partial charge in [0.15, 0.2) is 45.7 Å². The summed E-state index contributed by atoms with van der Waals surface area (Å²) >= 11 is 2.39. The minimum absolute atomic E-state index is 0. The van der Waals surface area contributed by atoms with Crippen LogP contribution in [0.15, 0.2) is 23.0 Å². The van der Waals surface area contributed by atoms with E-state index >= 15 is 0 Å². The second-order valence-electron chi connectivity index (χ2n) is 12.2. The number of imidazole rings is 2. The molecular formula is C24H32N10Na4O19P4S2. The quantitative estimate of drug-likeness (QED) is 0.0233. The number of nitrogens with two attached hydrogens (primary N) is 2. The van der Waals surface area contributed by atoms with E-state index in [1.165, 1.54) is 16.3 Å². The Balaban J connectivity index is 0.00000341. The van der Waals surface area contributed by atoms with E-state index in [0.29, 0.717) is 5.75 Å². The van der Waals surface area contributed by atoms with Crippen LogP contribution in [0.25, 0.3) is 22.3 Å². The van der Waals surface area contributed by atoms with E-state index in [1.807, 2.05) is 6.92 Å². The zero-order chi connectivity index (χ0) is 43.2. The molecule has 0 aliphatic carbocycles. The van der Waals surface area contributed by atoms with Gasteiger partial charge < -0.3 is 70.0 Å². The summed E-state index contributed by atoms with van der Waals surface area (Å²) < 4.78 is 82.3.